The van der Waals surface area contributed by atoms with Gasteiger partial charge in [-0.05, 0) is 53.3 Å². The van der Waals surface area contributed by atoms with Crippen molar-refractivity contribution in [2.24, 2.45) is 0 Å². The van der Waals surface area contributed by atoms with Gasteiger partial charge in [-0.1, -0.05) is 31.5 Å². The smallest absolute Gasteiger partial charge is 0.419 e. The summed E-state index contributed by atoms with van der Waals surface area (Å²) >= 11 is 6.05. The van der Waals surface area contributed by atoms with Crippen LogP contribution in [0.3, 0.4) is 0 Å². The second kappa shape index (κ2) is 6.90. The number of nitrogens with one attached hydrogen (secondary N) is 2. The number of phenolic OH excluding ortho intramolecular Hbond substituents is 1. The molecule has 0 saturated carbocycles. The van der Waals surface area contributed by atoms with E-state index in [-0.39, 0.29) is 21.9 Å². The van der Waals surface area contributed by atoms with Gasteiger partial charge in [-0.2, -0.15) is 13.2 Å². The van der Waals surface area contributed by atoms with Crippen LogP contribution in [0.5, 0.6) is 5.75 Å². The van der Waals surface area contributed by atoms with Gasteiger partial charge in [-0.3, -0.25) is 4.79 Å². The minimum atomic E-state index is -4.96. The van der Waals surface area contributed by atoms with Crippen molar-refractivity contribution in [1.82, 2.24) is 4.98 Å². The normalized spacial score (nSPS) is 22.9. The van der Waals surface area contributed by atoms with Crippen molar-refractivity contribution in [2.45, 2.75) is 43.5 Å². The Labute approximate surface area is 180 Å². The van der Waals surface area contributed by atoms with Gasteiger partial charge in [-0.25, -0.2) is 0 Å². The zero-order valence-corrected chi connectivity index (χ0v) is 17.4. The zero-order valence-electron chi connectivity index (χ0n) is 16.6. The molecule has 2 atom stereocenters. The number of H-pyrrole nitrogens is 1. The number of benzene rings is 2. The van der Waals surface area contributed by atoms with Crippen LogP contribution in [-0.4, -0.2) is 27.0 Å². The van der Waals surface area contributed by atoms with E-state index < -0.39 is 29.7 Å². The maximum absolute atomic E-state index is 14.2. The van der Waals surface area contributed by atoms with Crippen LogP contribution in [0.1, 0.15) is 37.4 Å². The standard InChI is InChI=1S/C22H20ClF3N2O3/c1-20(2)10-21(31,22(24,25)26)19(12-8-14(23)17(29)9-13(12)20)28-16-5-3-4-15-11(16)6-7-18(30)27-15/h3-9,19,28-29,31H,10H2,1-2H3,(H,27,30). The Morgan fingerprint density at radius 2 is 1.90 bits per heavy atom. The number of aromatic hydroxyl groups is 1. The average molecular weight is 453 g/mol. The number of hydrogen-bond donors (Lipinski definition) is 4. The second-order valence-corrected chi connectivity index (χ2v) is 8.95. The van der Waals surface area contributed by atoms with Crippen LogP contribution >= 0.6 is 11.6 Å². The molecule has 0 radical (unpaired) electrons. The van der Waals surface area contributed by atoms with Crippen LogP contribution in [0.25, 0.3) is 10.9 Å². The number of halogens is 4. The van der Waals surface area contributed by atoms with Gasteiger partial charge in [0.1, 0.15) is 5.75 Å². The number of rotatable bonds is 2. The van der Waals surface area contributed by atoms with Crippen LogP contribution in [0, 0.1) is 0 Å². The Hall–Kier alpha value is -2.71. The van der Waals surface area contributed by atoms with Crippen LogP contribution in [0.2, 0.25) is 5.02 Å². The van der Waals surface area contributed by atoms with E-state index in [0.717, 1.165) is 0 Å². The number of pyridine rings is 1. The molecule has 0 fully saturated rings. The Bertz CT molecular complexity index is 1240. The van der Waals surface area contributed by atoms with Crippen LogP contribution < -0.4 is 10.9 Å². The van der Waals surface area contributed by atoms with E-state index in [1.54, 1.807) is 32.0 Å². The van der Waals surface area contributed by atoms with Gasteiger partial charge in [0.05, 0.1) is 16.6 Å². The third-order valence-corrected chi connectivity index (χ3v) is 6.21. The van der Waals surface area contributed by atoms with Gasteiger partial charge in [0.25, 0.3) is 0 Å². The topological polar surface area (TPSA) is 85.4 Å². The monoisotopic (exact) mass is 452 g/mol. The van der Waals surface area contributed by atoms with Crippen LogP contribution in [0.4, 0.5) is 18.9 Å². The van der Waals surface area contributed by atoms with Crippen molar-refractivity contribution in [3.05, 3.63) is 69.0 Å². The van der Waals surface area contributed by atoms with Gasteiger partial charge >= 0.3 is 6.18 Å². The average Bonchev–Trinajstić information content (AvgIpc) is 2.65. The zero-order chi connectivity index (χ0) is 22.8. The van der Waals surface area contributed by atoms with Gasteiger partial charge in [0.2, 0.25) is 5.56 Å². The summed E-state index contributed by atoms with van der Waals surface area (Å²) in [5.41, 5.74) is -3.22. The van der Waals surface area contributed by atoms with Crippen LogP contribution in [0.15, 0.2) is 47.3 Å². The van der Waals surface area contributed by atoms with E-state index in [1.165, 1.54) is 24.3 Å². The lowest BCUT2D eigenvalue weighted by molar-refractivity contribution is -0.275. The number of alkyl halides is 3. The number of phenols is 1. The van der Waals surface area contributed by atoms with Crippen molar-refractivity contribution in [1.29, 1.82) is 0 Å². The minimum Gasteiger partial charge on any atom is -0.506 e. The number of aromatic amines is 1. The summed E-state index contributed by atoms with van der Waals surface area (Å²) in [5.74, 6) is -0.243. The first kappa shape index (κ1) is 21.5. The molecular weight excluding hydrogens is 433 g/mol. The third kappa shape index (κ3) is 3.43. The molecule has 0 bridgehead atoms. The first-order valence-electron chi connectivity index (χ1n) is 9.54. The first-order valence-corrected chi connectivity index (χ1v) is 9.92. The second-order valence-electron chi connectivity index (χ2n) is 8.54. The molecule has 1 aliphatic rings. The summed E-state index contributed by atoms with van der Waals surface area (Å²) in [6.07, 6.45) is -5.58. The molecule has 2 aromatic carbocycles. The predicted molar refractivity (Wildman–Crippen MR) is 113 cm³/mol. The predicted octanol–water partition coefficient (Wildman–Crippen LogP) is 5.02. The summed E-state index contributed by atoms with van der Waals surface area (Å²) in [7, 11) is 0. The fraction of sp³-hybridized carbons (Fsp3) is 0.318. The molecule has 0 spiro atoms. The number of hydrogen-bond acceptors (Lipinski definition) is 4. The molecule has 0 aliphatic heterocycles. The van der Waals surface area contributed by atoms with E-state index in [4.69, 9.17) is 11.6 Å². The van der Waals surface area contributed by atoms with Crippen molar-refractivity contribution in [3.63, 3.8) is 0 Å². The lowest BCUT2D eigenvalue weighted by Crippen LogP contribution is -2.58. The molecular formula is C22H20ClF3N2O3. The van der Waals surface area contributed by atoms with E-state index in [2.05, 4.69) is 10.3 Å². The van der Waals surface area contributed by atoms with Gasteiger partial charge in [0.15, 0.2) is 5.60 Å². The number of anilines is 1. The van der Waals surface area contributed by atoms with Crippen molar-refractivity contribution in [2.75, 3.05) is 5.32 Å². The quantitative estimate of drug-likeness (QED) is 0.440. The molecule has 1 aromatic heterocycles. The summed E-state index contributed by atoms with van der Waals surface area (Å²) in [5, 5.41) is 24.3. The maximum Gasteiger partial charge on any atom is 0.419 e. The van der Waals surface area contributed by atoms with Crippen LogP contribution in [-0.2, 0) is 5.41 Å². The largest absolute Gasteiger partial charge is 0.506 e. The summed E-state index contributed by atoms with van der Waals surface area (Å²) < 4.78 is 42.7. The molecule has 31 heavy (non-hydrogen) atoms. The highest BCUT2D eigenvalue weighted by atomic mass is 35.5. The third-order valence-electron chi connectivity index (χ3n) is 5.90. The van der Waals surface area contributed by atoms with Crippen molar-refractivity contribution >= 4 is 28.2 Å². The van der Waals surface area contributed by atoms with E-state index in [9.17, 15) is 28.2 Å². The molecule has 0 saturated heterocycles. The summed E-state index contributed by atoms with van der Waals surface area (Å²) in [6.45, 7) is 3.16. The fourth-order valence-electron chi connectivity index (χ4n) is 4.46. The maximum atomic E-state index is 14.2. The molecule has 9 heteroatoms. The Balaban J connectivity index is 1.96. The number of aliphatic hydroxyl groups is 1. The van der Waals surface area contributed by atoms with E-state index >= 15 is 0 Å². The molecule has 4 N–H and O–H groups in total. The Kier molecular flexibility index (Phi) is 4.79. The highest BCUT2D eigenvalue weighted by Crippen LogP contribution is 2.55. The van der Waals surface area contributed by atoms with E-state index in [1.807, 2.05) is 0 Å². The molecule has 0 amide bonds. The number of fused-ring (bicyclic) bond motifs is 2. The molecule has 3 aromatic rings. The summed E-state index contributed by atoms with van der Waals surface area (Å²) in [4.78, 5) is 14.3. The molecule has 2 unspecified atom stereocenters. The molecule has 164 valence electrons. The van der Waals surface area contributed by atoms with Crippen molar-refractivity contribution in [3.8, 4) is 5.75 Å². The Morgan fingerprint density at radius 3 is 2.58 bits per heavy atom. The van der Waals surface area contributed by atoms with Gasteiger partial charge < -0.3 is 20.5 Å². The highest BCUT2D eigenvalue weighted by Gasteiger charge is 2.63. The molecule has 5 nitrogen and oxygen atoms in total. The van der Waals surface area contributed by atoms with Gasteiger partial charge in [0, 0.05) is 17.1 Å². The number of aromatic nitrogens is 1. The Morgan fingerprint density at radius 1 is 1.19 bits per heavy atom. The van der Waals surface area contributed by atoms with E-state index in [0.29, 0.717) is 22.2 Å². The lowest BCUT2D eigenvalue weighted by Gasteiger charge is -2.49. The summed E-state index contributed by atoms with van der Waals surface area (Å²) in [6, 6.07) is 8.56. The minimum absolute atomic E-state index is 0.116. The highest BCUT2D eigenvalue weighted by molar-refractivity contribution is 6.32. The molecule has 1 heterocycles. The fourth-order valence-corrected chi connectivity index (χ4v) is 4.63. The van der Waals surface area contributed by atoms with Gasteiger partial charge in [-0.15, -0.1) is 0 Å². The first-order chi connectivity index (χ1) is 14.3. The molecule has 1 aliphatic carbocycles. The molecule has 4 rings (SSSR count). The SMILES string of the molecule is CC1(C)CC(O)(C(F)(F)F)C(Nc2cccc3[nH]c(=O)ccc23)c2cc(Cl)c(O)cc21. The lowest BCUT2D eigenvalue weighted by atomic mass is 9.63. The van der Waals surface area contributed by atoms with Crippen molar-refractivity contribution < 1.29 is 23.4 Å².